The molecule has 1 fully saturated rings. The van der Waals surface area contributed by atoms with E-state index in [1.807, 2.05) is 24.3 Å². The lowest BCUT2D eigenvalue weighted by Crippen LogP contribution is -2.12. The van der Waals surface area contributed by atoms with E-state index in [1.54, 1.807) is 30.3 Å². The Labute approximate surface area is 158 Å². The second-order valence-electron chi connectivity index (χ2n) is 6.01. The first kappa shape index (κ1) is 17.0. The van der Waals surface area contributed by atoms with Crippen molar-refractivity contribution >= 4 is 38.3 Å². The van der Waals surface area contributed by atoms with Crippen molar-refractivity contribution in [2.45, 2.75) is 6.29 Å². The lowest BCUT2D eigenvalue weighted by molar-refractivity contribution is -0.0441. The molecular formula is C20H16BrNO4. The number of halogens is 1. The number of hydrogen-bond acceptors (Lipinski definition) is 4. The van der Waals surface area contributed by atoms with Gasteiger partial charge in [-0.05, 0) is 47.2 Å². The molecule has 6 heteroatoms. The number of rotatable bonds is 3. The molecule has 1 heterocycles. The number of phenolic OH excluding ortho intramolecular Hbond substituents is 1. The average Bonchev–Trinajstić information content (AvgIpc) is 3.17. The van der Waals surface area contributed by atoms with Crippen LogP contribution in [0.5, 0.6) is 5.75 Å². The number of hydrogen-bond donors (Lipinski definition) is 2. The molecule has 132 valence electrons. The lowest BCUT2D eigenvalue weighted by Gasteiger charge is -2.11. The van der Waals surface area contributed by atoms with Crippen molar-refractivity contribution in [1.82, 2.24) is 0 Å². The monoisotopic (exact) mass is 413 g/mol. The predicted molar refractivity (Wildman–Crippen MR) is 102 cm³/mol. The molecule has 26 heavy (non-hydrogen) atoms. The van der Waals surface area contributed by atoms with Crippen LogP contribution < -0.4 is 5.32 Å². The van der Waals surface area contributed by atoms with Gasteiger partial charge in [0.25, 0.3) is 5.91 Å². The number of ether oxygens (including phenoxy) is 2. The third-order valence-electron chi connectivity index (χ3n) is 4.21. The van der Waals surface area contributed by atoms with Gasteiger partial charge in [-0.15, -0.1) is 0 Å². The number of anilines is 1. The van der Waals surface area contributed by atoms with Gasteiger partial charge in [-0.3, -0.25) is 4.79 Å². The van der Waals surface area contributed by atoms with Gasteiger partial charge in [0, 0.05) is 21.3 Å². The summed E-state index contributed by atoms with van der Waals surface area (Å²) < 4.78 is 11.7. The Balaban J connectivity index is 1.54. The van der Waals surface area contributed by atoms with Crippen LogP contribution in [0.25, 0.3) is 10.8 Å². The van der Waals surface area contributed by atoms with Crippen molar-refractivity contribution in [2.75, 3.05) is 18.5 Å². The van der Waals surface area contributed by atoms with E-state index in [0.717, 1.165) is 20.8 Å². The van der Waals surface area contributed by atoms with Crippen molar-refractivity contribution in [2.24, 2.45) is 0 Å². The Kier molecular flexibility index (Phi) is 4.63. The van der Waals surface area contributed by atoms with E-state index < -0.39 is 0 Å². The normalized spacial score (nSPS) is 14.7. The van der Waals surface area contributed by atoms with Gasteiger partial charge in [-0.2, -0.15) is 0 Å². The molecule has 4 rings (SSSR count). The highest BCUT2D eigenvalue weighted by Crippen LogP contribution is 2.29. The highest BCUT2D eigenvalue weighted by atomic mass is 79.9. The molecule has 2 N–H and O–H groups in total. The summed E-state index contributed by atoms with van der Waals surface area (Å²) in [4.78, 5) is 12.6. The van der Waals surface area contributed by atoms with E-state index in [0.29, 0.717) is 24.5 Å². The van der Waals surface area contributed by atoms with Crippen molar-refractivity contribution in [3.8, 4) is 5.75 Å². The fraction of sp³-hybridized carbons (Fsp3) is 0.150. The summed E-state index contributed by atoms with van der Waals surface area (Å²) in [6.45, 7) is 1.19. The van der Waals surface area contributed by atoms with Gasteiger partial charge in [-0.1, -0.05) is 34.1 Å². The van der Waals surface area contributed by atoms with Gasteiger partial charge in [0.15, 0.2) is 6.29 Å². The van der Waals surface area contributed by atoms with E-state index in [-0.39, 0.29) is 17.9 Å². The topological polar surface area (TPSA) is 67.8 Å². The summed E-state index contributed by atoms with van der Waals surface area (Å²) in [6.07, 6.45) is -0.326. The van der Waals surface area contributed by atoms with Gasteiger partial charge < -0.3 is 19.9 Å². The maximum atomic E-state index is 12.6. The number of phenols is 1. The van der Waals surface area contributed by atoms with Crippen LogP contribution in [0.15, 0.2) is 59.1 Å². The number of carbonyl (C=O) groups excluding carboxylic acids is 1. The quantitative estimate of drug-likeness (QED) is 0.657. The molecule has 0 saturated carbocycles. The van der Waals surface area contributed by atoms with Crippen molar-refractivity contribution in [3.63, 3.8) is 0 Å². The van der Waals surface area contributed by atoms with Gasteiger partial charge in [0.1, 0.15) is 5.75 Å². The van der Waals surface area contributed by atoms with E-state index in [2.05, 4.69) is 21.2 Å². The van der Waals surface area contributed by atoms with Gasteiger partial charge in [0.2, 0.25) is 0 Å². The van der Waals surface area contributed by atoms with Gasteiger partial charge >= 0.3 is 0 Å². The fourth-order valence-electron chi connectivity index (χ4n) is 2.91. The molecule has 3 aromatic rings. The second kappa shape index (κ2) is 7.07. The standard InChI is InChI=1S/C20H16BrNO4/c21-18-10-14(9-13-3-6-16(23)11-17(13)18)19(24)22-15-4-1-12(2-5-15)20-25-7-8-26-20/h1-6,9-11,20,23H,7-8H2,(H,22,24). The minimum absolute atomic E-state index is 0.186. The highest BCUT2D eigenvalue weighted by molar-refractivity contribution is 9.10. The van der Waals surface area contributed by atoms with Gasteiger partial charge in [0.05, 0.1) is 13.2 Å². The minimum atomic E-state index is -0.326. The van der Waals surface area contributed by atoms with Crippen LogP contribution >= 0.6 is 15.9 Å². The first-order valence-electron chi connectivity index (χ1n) is 8.17. The van der Waals surface area contributed by atoms with Gasteiger partial charge in [-0.25, -0.2) is 0 Å². The zero-order chi connectivity index (χ0) is 18.1. The van der Waals surface area contributed by atoms with Crippen LogP contribution in [0.2, 0.25) is 0 Å². The highest BCUT2D eigenvalue weighted by Gasteiger charge is 2.18. The second-order valence-corrected chi connectivity index (χ2v) is 6.87. The maximum absolute atomic E-state index is 12.6. The molecule has 0 aromatic heterocycles. The van der Waals surface area contributed by atoms with Crippen molar-refractivity contribution in [1.29, 1.82) is 0 Å². The zero-order valence-corrected chi connectivity index (χ0v) is 15.3. The molecule has 0 spiro atoms. The maximum Gasteiger partial charge on any atom is 0.255 e. The van der Waals surface area contributed by atoms with E-state index in [1.165, 1.54) is 0 Å². The molecule has 0 atom stereocenters. The molecule has 0 radical (unpaired) electrons. The van der Waals surface area contributed by atoms with E-state index in [4.69, 9.17) is 9.47 Å². The molecule has 1 aliphatic heterocycles. The SMILES string of the molecule is O=C(Nc1ccc(C2OCCO2)cc1)c1cc(Br)c2cc(O)ccc2c1. The van der Waals surface area contributed by atoms with Crippen molar-refractivity contribution < 1.29 is 19.4 Å². The summed E-state index contributed by atoms with van der Waals surface area (Å²) in [7, 11) is 0. The Bertz CT molecular complexity index is 965. The third kappa shape index (κ3) is 3.44. The smallest absolute Gasteiger partial charge is 0.255 e. The molecule has 1 saturated heterocycles. The summed E-state index contributed by atoms with van der Waals surface area (Å²) in [5.74, 6) is -0.0208. The van der Waals surface area contributed by atoms with Crippen LogP contribution in [0.3, 0.4) is 0 Å². The number of amides is 1. The third-order valence-corrected chi connectivity index (χ3v) is 4.87. The van der Waals surface area contributed by atoms with Crippen LogP contribution in [0.4, 0.5) is 5.69 Å². The Morgan fingerprint density at radius 2 is 1.77 bits per heavy atom. The Morgan fingerprint density at radius 3 is 2.50 bits per heavy atom. The number of aromatic hydroxyl groups is 1. The van der Waals surface area contributed by atoms with Crippen molar-refractivity contribution in [3.05, 3.63) is 70.2 Å². The molecule has 3 aromatic carbocycles. The first-order valence-corrected chi connectivity index (χ1v) is 8.96. The molecule has 1 aliphatic rings. The average molecular weight is 414 g/mol. The van der Waals surface area contributed by atoms with E-state index >= 15 is 0 Å². The Hall–Kier alpha value is -2.41. The first-order chi connectivity index (χ1) is 12.6. The molecule has 5 nitrogen and oxygen atoms in total. The van der Waals surface area contributed by atoms with Crippen LogP contribution in [0.1, 0.15) is 22.2 Å². The van der Waals surface area contributed by atoms with Crippen LogP contribution in [0, 0.1) is 0 Å². The largest absolute Gasteiger partial charge is 0.508 e. The number of carbonyl (C=O) groups is 1. The summed E-state index contributed by atoms with van der Waals surface area (Å²) >= 11 is 3.46. The molecule has 0 bridgehead atoms. The minimum Gasteiger partial charge on any atom is -0.508 e. The molecular weight excluding hydrogens is 398 g/mol. The molecule has 1 amide bonds. The number of fused-ring (bicyclic) bond motifs is 1. The Morgan fingerprint density at radius 1 is 1.04 bits per heavy atom. The predicted octanol–water partition coefficient (Wildman–Crippen LogP) is 4.61. The molecule has 0 unspecified atom stereocenters. The van der Waals surface area contributed by atoms with E-state index in [9.17, 15) is 9.90 Å². The lowest BCUT2D eigenvalue weighted by atomic mass is 10.1. The van der Waals surface area contributed by atoms with Crippen LogP contribution in [-0.4, -0.2) is 24.2 Å². The van der Waals surface area contributed by atoms with Crippen LogP contribution in [-0.2, 0) is 9.47 Å². The summed E-state index contributed by atoms with van der Waals surface area (Å²) in [5, 5.41) is 14.2. The summed E-state index contributed by atoms with van der Waals surface area (Å²) in [6, 6.07) is 16.0. The number of nitrogens with one attached hydrogen (secondary N) is 1. The number of benzene rings is 3. The summed E-state index contributed by atoms with van der Waals surface area (Å²) in [5.41, 5.74) is 2.15. The zero-order valence-electron chi connectivity index (χ0n) is 13.7. The fourth-order valence-corrected chi connectivity index (χ4v) is 3.50. The molecule has 0 aliphatic carbocycles.